The van der Waals surface area contributed by atoms with Gasteiger partial charge in [0.05, 0.1) is 0 Å². The third-order valence-electron chi connectivity index (χ3n) is 3.01. The van der Waals surface area contributed by atoms with Gasteiger partial charge in [0.2, 0.25) is 0 Å². The Hall–Kier alpha value is -1.36. The molecule has 2 rings (SSSR count). The van der Waals surface area contributed by atoms with E-state index >= 15 is 0 Å². The molecule has 1 aliphatic rings. The van der Waals surface area contributed by atoms with Crippen LogP contribution in [0.5, 0.6) is 0 Å². The maximum absolute atomic E-state index is 4.35. The molecule has 1 aliphatic heterocycles. The third kappa shape index (κ3) is 3.56. The minimum absolute atomic E-state index is 0.882. The number of hydrogen-bond donors (Lipinski definition) is 2. The molecular formula is C12H21N5. The number of nitrogens with zero attached hydrogens (tertiary/aromatic N) is 3. The Labute approximate surface area is 103 Å². The SMILES string of the molecule is CNCCNc1cc(N2CCCCC2)ncn1. The van der Waals surface area contributed by atoms with Crippen LogP contribution in [0.3, 0.4) is 0 Å². The zero-order valence-corrected chi connectivity index (χ0v) is 10.4. The van der Waals surface area contributed by atoms with Crippen molar-refractivity contribution in [2.75, 3.05) is 43.4 Å². The van der Waals surface area contributed by atoms with Crippen molar-refractivity contribution in [1.82, 2.24) is 15.3 Å². The molecule has 0 atom stereocenters. The smallest absolute Gasteiger partial charge is 0.134 e. The Bertz CT molecular complexity index is 335. The Morgan fingerprint density at radius 1 is 1.18 bits per heavy atom. The molecule has 2 heterocycles. The van der Waals surface area contributed by atoms with Gasteiger partial charge in [-0.05, 0) is 26.3 Å². The number of nitrogens with one attached hydrogen (secondary N) is 2. The van der Waals surface area contributed by atoms with Crippen molar-refractivity contribution < 1.29 is 0 Å². The van der Waals surface area contributed by atoms with Crippen LogP contribution in [0.2, 0.25) is 0 Å². The Balaban J connectivity index is 1.95. The second-order valence-corrected chi connectivity index (χ2v) is 4.34. The van der Waals surface area contributed by atoms with Crippen molar-refractivity contribution in [3.8, 4) is 0 Å². The van der Waals surface area contributed by atoms with Gasteiger partial charge in [0.1, 0.15) is 18.0 Å². The summed E-state index contributed by atoms with van der Waals surface area (Å²) in [6.07, 6.45) is 5.53. The molecule has 0 bridgehead atoms. The summed E-state index contributed by atoms with van der Waals surface area (Å²) in [5, 5.41) is 6.38. The minimum atomic E-state index is 0.882. The molecule has 0 saturated carbocycles. The van der Waals surface area contributed by atoms with E-state index in [-0.39, 0.29) is 0 Å². The fraction of sp³-hybridized carbons (Fsp3) is 0.667. The average Bonchev–Trinajstić information content (AvgIpc) is 2.41. The zero-order valence-electron chi connectivity index (χ0n) is 10.4. The molecule has 0 aromatic carbocycles. The second-order valence-electron chi connectivity index (χ2n) is 4.34. The fourth-order valence-corrected chi connectivity index (χ4v) is 2.06. The number of aromatic nitrogens is 2. The zero-order chi connectivity index (χ0) is 11.9. The highest BCUT2D eigenvalue weighted by Crippen LogP contribution is 2.18. The minimum Gasteiger partial charge on any atom is -0.369 e. The highest BCUT2D eigenvalue weighted by molar-refractivity contribution is 5.48. The molecule has 0 spiro atoms. The normalized spacial score (nSPS) is 15.9. The van der Waals surface area contributed by atoms with Gasteiger partial charge in [0.15, 0.2) is 0 Å². The van der Waals surface area contributed by atoms with E-state index in [0.717, 1.165) is 37.8 Å². The highest BCUT2D eigenvalue weighted by atomic mass is 15.2. The molecule has 0 radical (unpaired) electrons. The first-order chi connectivity index (χ1) is 8.40. The lowest BCUT2D eigenvalue weighted by Crippen LogP contribution is -2.30. The molecule has 1 aromatic rings. The Morgan fingerprint density at radius 3 is 2.76 bits per heavy atom. The first-order valence-corrected chi connectivity index (χ1v) is 6.35. The summed E-state index contributed by atoms with van der Waals surface area (Å²) in [4.78, 5) is 10.9. The van der Waals surface area contributed by atoms with E-state index in [1.807, 2.05) is 13.1 Å². The summed E-state index contributed by atoms with van der Waals surface area (Å²) in [7, 11) is 1.95. The predicted octanol–water partition coefficient (Wildman–Crippen LogP) is 1.10. The van der Waals surface area contributed by atoms with Gasteiger partial charge in [0.25, 0.3) is 0 Å². The van der Waals surface area contributed by atoms with Crippen molar-refractivity contribution in [1.29, 1.82) is 0 Å². The van der Waals surface area contributed by atoms with Crippen LogP contribution in [-0.2, 0) is 0 Å². The van der Waals surface area contributed by atoms with Gasteiger partial charge in [0, 0.05) is 32.2 Å². The topological polar surface area (TPSA) is 53.1 Å². The number of hydrogen-bond acceptors (Lipinski definition) is 5. The van der Waals surface area contributed by atoms with Gasteiger partial charge in [-0.2, -0.15) is 0 Å². The van der Waals surface area contributed by atoms with Gasteiger partial charge in [-0.25, -0.2) is 9.97 Å². The molecule has 1 saturated heterocycles. The third-order valence-corrected chi connectivity index (χ3v) is 3.01. The Kier molecular flexibility index (Phi) is 4.55. The lowest BCUT2D eigenvalue weighted by Gasteiger charge is -2.27. The molecule has 5 heteroatoms. The predicted molar refractivity (Wildman–Crippen MR) is 70.5 cm³/mol. The van der Waals surface area contributed by atoms with E-state index < -0.39 is 0 Å². The van der Waals surface area contributed by atoms with Crippen LogP contribution in [-0.4, -0.2) is 43.2 Å². The van der Waals surface area contributed by atoms with E-state index in [4.69, 9.17) is 0 Å². The molecule has 5 nitrogen and oxygen atoms in total. The molecule has 0 aliphatic carbocycles. The van der Waals surface area contributed by atoms with E-state index in [1.54, 1.807) is 6.33 Å². The van der Waals surface area contributed by atoms with Gasteiger partial charge in [-0.3, -0.25) is 0 Å². The van der Waals surface area contributed by atoms with Gasteiger partial charge < -0.3 is 15.5 Å². The largest absolute Gasteiger partial charge is 0.369 e. The van der Waals surface area contributed by atoms with Crippen LogP contribution in [0, 0.1) is 0 Å². The van der Waals surface area contributed by atoms with Crippen molar-refractivity contribution >= 4 is 11.6 Å². The van der Waals surface area contributed by atoms with Crippen LogP contribution < -0.4 is 15.5 Å². The monoisotopic (exact) mass is 235 g/mol. The van der Waals surface area contributed by atoms with Crippen LogP contribution in [0.4, 0.5) is 11.6 Å². The molecular weight excluding hydrogens is 214 g/mol. The molecule has 94 valence electrons. The van der Waals surface area contributed by atoms with Crippen LogP contribution in [0.15, 0.2) is 12.4 Å². The van der Waals surface area contributed by atoms with Crippen molar-refractivity contribution in [2.24, 2.45) is 0 Å². The number of piperidine rings is 1. The van der Waals surface area contributed by atoms with Crippen molar-refractivity contribution in [3.05, 3.63) is 12.4 Å². The second kappa shape index (κ2) is 6.39. The first-order valence-electron chi connectivity index (χ1n) is 6.35. The summed E-state index contributed by atoms with van der Waals surface area (Å²) in [5.74, 6) is 1.96. The average molecular weight is 235 g/mol. The van der Waals surface area contributed by atoms with Crippen molar-refractivity contribution in [3.63, 3.8) is 0 Å². The lowest BCUT2D eigenvalue weighted by atomic mass is 10.1. The molecule has 1 fully saturated rings. The Morgan fingerprint density at radius 2 is 2.00 bits per heavy atom. The first kappa shape index (κ1) is 12.1. The fourth-order valence-electron chi connectivity index (χ4n) is 2.06. The summed E-state index contributed by atoms with van der Waals surface area (Å²) in [6.45, 7) is 4.05. The molecule has 2 N–H and O–H groups in total. The maximum atomic E-state index is 4.35. The summed E-state index contributed by atoms with van der Waals surface area (Å²) in [6, 6.07) is 2.04. The lowest BCUT2D eigenvalue weighted by molar-refractivity contribution is 0.573. The summed E-state index contributed by atoms with van der Waals surface area (Å²) < 4.78 is 0. The molecule has 0 unspecified atom stereocenters. The molecule has 1 aromatic heterocycles. The summed E-state index contributed by atoms with van der Waals surface area (Å²) in [5.41, 5.74) is 0. The van der Waals surface area contributed by atoms with E-state index in [0.29, 0.717) is 0 Å². The number of anilines is 2. The quantitative estimate of drug-likeness (QED) is 0.748. The van der Waals surface area contributed by atoms with E-state index in [1.165, 1.54) is 19.3 Å². The number of rotatable bonds is 5. The maximum Gasteiger partial charge on any atom is 0.134 e. The molecule has 17 heavy (non-hydrogen) atoms. The molecule has 0 amide bonds. The van der Waals surface area contributed by atoms with Crippen LogP contribution in [0.25, 0.3) is 0 Å². The standard InChI is InChI=1S/C12H21N5/c1-13-5-6-14-11-9-12(16-10-15-11)17-7-3-2-4-8-17/h9-10,13H,2-8H2,1H3,(H,14,15,16). The van der Waals surface area contributed by atoms with Crippen LogP contribution in [0.1, 0.15) is 19.3 Å². The summed E-state index contributed by atoms with van der Waals surface area (Å²) >= 11 is 0. The van der Waals surface area contributed by atoms with Crippen molar-refractivity contribution in [2.45, 2.75) is 19.3 Å². The van der Waals surface area contributed by atoms with E-state index in [9.17, 15) is 0 Å². The van der Waals surface area contributed by atoms with Gasteiger partial charge in [-0.1, -0.05) is 0 Å². The van der Waals surface area contributed by atoms with E-state index in [2.05, 4.69) is 25.5 Å². The van der Waals surface area contributed by atoms with Gasteiger partial charge in [-0.15, -0.1) is 0 Å². The van der Waals surface area contributed by atoms with Gasteiger partial charge >= 0.3 is 0 Å². The number of likely N-dealkylation sites (N-methyl/N-ethyl adjacent to an activating group) is 1. The highest BCUT2D eigenvalue weighted by Gasteiger charge is 2.12. The van der Waals surface area contributed by atoms with Crippen LogP contribution >= 0.6 is 0 Å².